The molecular formula is C25H33N5O2S. The molecule has 0 amide bonds. The minimum absolute atomic E-state index is 0.0870. The Kier molecular flexibility index (Phi) is 7.05. The van der Waals surface area contributed by atoms with E-state index < -0.39 is 0 Å². The van der Waals surface area contributed by atoms with E-state index in [-0.39, 0.29) is 6.04 Å². The highest BCUT2D eigenvalue weighted by atomic mass is 32.1. The lowest BCUT2D eigenvalue weighted by Gasteiger charge is -2.34. The summed E-state index contributed by atoms with van der Waals surface area (Å²) >= 11 is 5.59. The molecule has 0 bridgehead atoms. The molecule has 176 valence electrons. The van der Waals surface area contributed by atoms with Crippen LogP contribution in [0.1, 0.15) is 23.6 Å². The van der Waals surface area contributed by atoms with Gasteiger partial charge in [-0.1, -0.05) is 12.1 Å². The topological polar surface area (TPSA) is 52.6 Å². The summed E-state index contributed by atoms with van der Waals surface area (Å²) < 4.78 is 11.2. The molecule has 4 rings (SSSR count). The summed E-state index contributed by atoms with van der Waals surface area (Å²) in [7, 11) is 7.33. The van der Waals surface area contributed by atoms with Gasteiger partial charge in [-0.05, 0) is 62.4 Å². The van der Waals surface area contributed by atoms with E-state index in [1.165, 1.54) is 5.69 Å². The molecule has 2 aliphatic heterocycles. The second-order valence-electron chi connectivity index (χ2n) is 8.60. The number of ether oxygens (including phenoxy) is 2. The van der Waals surface area contributed by atoms with Crippen molar-refractivity contribution in [2.24, 2.45) is 5.10 Å². The van der Waals surface area contributed by atoms with Crippen LogP contribution >= 0.6 is 12.2 Å². The second-order valence-corrected chi connectivity index (χ2v) is 8.99. The Morgan fingerprint density at radius 3 is 2.27 bits per heavy atom. The zero-order valence-corrected chi connectivity index (χ0v) is 20.9. The van der Waals surface area contributed by atoms with Crippen molar-refractivity contribution in [3.63, 3.8) is 0 Å². The number of rotatable bonds is 4. The molecule has 0 aromatic heterocycles. The summed E-state index contributed by atoms with van der Waals surface area (Å²) in [5.41, 5.74) is 5.35. The van der Waals surface area contributed by atoms with Gasteiger partial charge in [0.15, 0.2) is 16.6 Å². The highest BCUT2D eigenvalue weighted by Gasteiger charge is 2.27. The molecule has 0 aliphatic carbocycles. The van der Waals surface area contributed by atoms with Crippen molar-refractivity contribution in [1.29, 1.82) is 0 Å². The number of nitrogens with zero attached hydrogens (tertiary/aromatic N) is 4. The highest BCUT2D eigenvalue weighted by molar-refractivity contribution is 7.80. The number of hydrazone groups is 1. The lowest BCUT2D eigenvalue weighted by Crippen LogP contribution is -2.44. The first-order valence-electron chi connectivity index (χ1n) is 11.3. The summed E-state index contributed by atoms with van der Waals surface area (Å²) in [5, 5.41) is 10.6. The first-order valence-corrected chi connectivity index (χ1v) is 11.7. The smallest absolute Gasteiger partial charge is 0.189 e. The monoisotopic (exact) mass is 467 g/mol. The standard InChI is InChI=1S/C25H33N5O2S/c1-17-14-19-15-22(31-4)23(32-5)16-21(19)24(27-30(17)25(33)26-2)18-6-8-20(9-7-18)29-12-10-28(3)11-13-29/h6-9,15-17H,10-14H2,1-5H3,(H,26,33). The third-order valence-electron chi connectivity index (χ3n) is 6.44. The van der Waals surface area contributed by atoms with Gasteiger partial charge >= 0.3 is 0 Å². The van der Waals surface area contributed by atoms with Crippen molar-refractivity contribution >= 4 is 28.7 Å². The first-order chi connectivity index (χ1) is 15.9. The molecule has 8 heteroatoms. The Bertz CT molecular complexity index is 1030. The molecule has 1 fully saturated rings. The van der Waals surface area contributed by atoms with E-state index in [4.69, 9.17) is 26.8 Å². The molecule has 0 saturated carbocycles. The quantitative estimate of drug-likeness (QED) is 0.694. The minimum atomic E-state index is 0.0870. The normalized spacial score (nSPS) is 18.8. The van der Waals surface area contributed by atoms with Crippen LogP contribution in [0, 0.1) is 0 Å². The summed E-state index contributed by atoms with van der Waals surface area (Å²) in [6.45, 7) is 6.37. The predicted molar refractivity (Wildman–Crippen MR) is 138 cm³/mol. The van der Waals surface area contributed by atoms with Crippen LogP contribution in [0.25, 0.3) is 0 Å². The number of likely N-dealkylation sites (N-methyl/N-ethyl adjacent to an activating group) is 1. The number of thiocarbonyl (C=S) groups is 1. The molecule has 2 aromatic carbocycles. The van der Waals surface area contributed by atoms with Crippen LogP contribution in [0.5, 0.6) is 11.5 Å². The van der Waals surface area contributed by atoms with Crippen LogP contribution in [0.3, 0.4) is 0 Å². The van der Waals surface area contributed by atoms with Gasteiger partial charge < -0.3 is 24.6 Å². The van der Waals surface area contributed by atoms with Crippen molar-refractivity contribution in [1.82, 2.24) is 15.2 Å². The number of anilines is 1. The second kappa shape index (κ2) is 9.97. The largest absolute Gasteiger partial charge is 0.493 e. The SMILES string of the molecule is CNC(=S)N1N=C(c2ccc(N3CCN(C)CC3)cc2)c2cc(OC)c(OC)cc2CC1C. The van der Waals surface area contributed by atoms with Crippen LogP contribution in [-0.2, 0) is 6.42 Å². The van der Waals surface area contributed by atoms with Crippen molar-refractivity contribution in [3.05, 3.63) is 53.1 Å². The van der Waals surface area contributed by atoms with Crippen LogP contribution in [0.4, 0.5) is 5.69 Å². The van der Waals surface area contributed by atoms with Crippen molar-refractivity contribution < 1.29 is 9.47 Å². The summed E-state index contributed by atoms with van der Waals surface area (Å²) in [5.74, 6) is 1.41. The van der Waals surface area contributed by atoms with Gasteiger partial charge in [-0.25, -0.2) is 5.01 Å². The molecule has 1 N–H and O–H groups in total. The van der Waals surface area contributed by atoms with Crippen LogP contribution in [0.2, 0.25) is 0 Å². The molecule has 0 spiro atoms. The summed E-state index contributed by atoms with van der Waals surface area (Å²) in [6, 6.07) is 12.9. The fourth-order valence-corrected chi connectivity index (χ4v) is 4.66. The third kappa shape index (κ3) is 4.77. The van der Waals surface area contributed by atoms with Crippen LogP contribution in [-0.4, -0.2) is 81.3 Å². The van der Waals surface area contributed by atoms with E-state index in [1.807, 2.05) is 18.1 Å². The lowest BCUT2D eigenvalue weighted by molar-refractivity contribution is 0.313. The van der Waals surface area contributed by atoms with E-state index in [9.17, 15) is 0 Å². The number of hydrogen-bond acceptors (Lipinski definition) is 6. The maximum Gasteiger partial charge on any atom is 0.189 e. The Hall–Kier alpha value is -2.84. The Labute approximate surface area is 202 Å². The molecular weight excluding hydrogens is 434 g/mol. The van der Waals surface area contributed by atoms with Crippen molar-refractivity contribution in [2.45, 2.75) is 19.4 Å². The van der Waals surface area contributed by atoms with E-state index in [2.05, 4.69) is 59.4 Å². The number of methoxy groups -OCH3 is 2. The maximum absolute atomic E-state index is 5.61. The highest BCUT2D eigenvalue weighted by Crippen LogP contribution is 2.35. The average Bonchev–Trinajstić information content (AvgIpc) is 2.98. The number of nitrogens with one attached hydrogen (secondary N) is 1. The van der Waals surface area contributed by atoms with Gasteiger partial charge in [0.25, 0.3) is 0 Å². The zero-order valence-electron chi connectivity index (χ0n) is 20.1. The number of hydrogen-bond donors (Lipinski definition) is 1. The van der Waals surface area contributed by atoms with Gasteiger partial charge in [0, 0.05) is 50.0 Å². The molecule has 2 aliphatic rings. The molecule has 0 radical (unpaired) electrons. The fourth-order valence-electron chi connectivity index (χ4n) is 4.44. The van der Waals surface area contributed by atoms with Gasteiger partial charge in [0.05, 0.1) is 26.0 Å². The van der Waals surface area contributed by atoms with Gasteiger partial charge in [0.2, 0.25) is 0 Å². The van der Waals surface area contributed by atoms with Gasteiger partial charge in [0.1, 0.15) is 0 Å². The third-order valence-corrected chi connectivity index (χ3v) is 6.83. The zero-order chi connectivity index (χ0) is 23.5. The minimum Gasteiger partial charge on any atom is -0.493 e. The van der Waals surface area contributed by atoms with Crippen LogP contribution in [0.15, 0.2) is 41.5 Å². The van der Waals surface area contributed by atoms with Crippen molar-refractivity contribution in [2.75, 3.05) is 59.4 Å². The van der Waals surface area contributed by atoms with Gasteiger partial charge in [-0.3, -0.25) is 0 Å². The molecule has 7 nitrogen and oxygen atoms in total. The Balaban J connectivity index is 1.77. The predicted octanol–water partition coefficient (Wildman–Crippen LogP) is 2.96. The molecule has 2 heterocycles. The lowest BCUT2D eigenvalue weighted by atomic mass is 9.94. The average molecular weight is 468 g/mol. The Morgan fingerprint density at radius 1 is 1.03 bits per heavy atom. The summed E-state index contributed by atoms with van der Waals surface area (Å²) in [4.78, 5) is 4.80. The van der Waals surface area contributed by atoms with Gasteiger partial charge in [-0.2, -0.15) is 5.10 Å². The van der Waals surface area contributed by atoms with E-state index in [0.29, 0.717) is 10.9 Å². The van der Waals surface area contributed by atoms with Crippen LogP contribution < -0.4 is 19.7 Å². The number of fused-ring (bicyclic) bond motifs is 1. The van der Waals surface area contributed by atoms with E-state index in [1.54, 1.807) is 14.2 Å². The molecule has 1 unspecified atom stereocenters. The molecule has 1 saturated heterocycles. The number of piperazine rings is 1. The van der Waals surface area contributed by atoms with E-state index in [0.717, 1.165) is 60.8 Å². The molecule has 1 atom stereocenters. The maximum atomic E-state index is 5.61. The fraction of sp³-hybridized carbons (Fsp3) is 0.440. The molecule has 2 aromatic rings. The van der Waals surface area contributed by atoms with Gasteiger partial charge in [-0.15, -0.1) is 0 Å². The first kappa shape index (κ1) is 23.3. The van der Waals surface area contributed by atoms with E-state index >= 15 is 0 Å². The molecule has 33 heavy (non-hydrogen) atoms. The number of benzene rings is 2. The summed E-state index contributed by atoms with van der Waals surface area (Å²) in [6.07, 6.45) is 0.782. The van der Waals surface area contributed by atoms with Crippen molar-refractivity contribution in [3.8, 4) is 11.5 Å². The Morgan fingerprint density at radius 2 is 1.67 bits per heavy atom.